The maximum Gasteiger partial charge on any atom is 0.125 e. The Morgan fingerprint density at radius 2 is 1.88 bits per heavy atom. The molecule has 0 unspecified atom stereocenters. The van der Waals surface area contributed by atoms with Crippen molar-refractivity contribution in [3.8, 4) is 11.5 Å². The zero-order valence-electron chi connectivity index (χ0n) is 9.52. The van der Waals surface area contributed by atoms with E-state index >= 15 is 0 Å². The van der Waals surface area contributed by atoms with Crippen LogP contribution < -0.4 is 9.47 Å². The van der Waals surface area contributed by atoms with Gasteiger partial charge >= 0.3 is 0 Å². The first-order valence-electron chi connectivity index (χ1n) is 5.30. The molecule has 88 valence electrons. The molecule has 0 saturated heterocycles. The lowest BCUT2D eigenvalue weighted by Crippen LogP contribution is -1.98. The molecule has 0 saturated carbocycles. The third kappa shape index (κ3) is 3.14. The summed E-state index contributed by atoms with van der Waals surface area (Å²) < 4.78 is 10.9. The van der Waals surface area contributed by atoms with Crippen LogP contribution in [0.1, 0.15) is 5.56 Å². The van der Waals surface area contributed by atoms with E-state index in [0.29, 0.717) is 11.6 Å². The minimum absolute atomic E-state index is 0.463. The summed E-state index contributed by atoms with van der Waals surface area (Å²) in [5, 5.41) is 0.669. The van der Waals surface area contributed by atoms with E-state index in [0.717, 1.165) is 17.1 Å². The van der Waals surface area contributed by atoms with Gasteiger partial charge in [-0.1, -0.05) is 35.9 Å². The van der Waals surface area contributed by atoms with Gasteiger partial charge < -0.3 is 9.47 Å². The summed E-state index contributed by atoms with van der Waals surface area (Å²) in [5.41, 5.74) is 1.01. The minimum atomic E-state index is 0.463. The first-order valence-corrected chi connectivity index (χ1v) is 5.67. The van der Waals surface area contributed by atoms with Crippen LogP contribution in [0.25, 0.3) is 0 Å². The SMILES string of the molecule is COc1ccccc1COc1cccc(Cl)c1. The molecule has 2 rings (SSSR count). The van der Waals surface area contributed by atoms with Crippen molar-refractivity contribution in [2.24, 2.45) is 0 Å². The lowest BCUT2D eigenvalue weighted by atomic mass is 10.2. The van der Waals surface area contributed by atoms with Gasteiger partial charge in [0.15, 0.2) is 0 Å². The maximum absolute atomic E-state index is 5.88. The predicted octanol–water partition coefficient (Wildman–Crippen LogP) is 3.93. The smallest absolute Gasteiger partial charge is 0.125 e. The lowest BCUT2D eigenvalue weighted by molar-refractivity contribution is 0.296. The molecule has 0 atom stereocenters. The summed E-state index contributed by atoms with van der Waals surface area (Å²) in [5.74, 6) is 1.58. The van der Waals surface area contributed by atoms with Crippen LogP contribution >= 0.6 is 11.6 Å². The molecular formula is C14H13ClO2. The Hall–Kier alpha value is -1.67. The molecule has 0 heterocycles. The van der Waals surface area contributed by atoms with Crippen LogP contribution in [0.4, 0.5) is 0 Å². The molecule has 2 aromatic carbocycles. The Kier molecular flexibility index (Phi) is 3.89. The second kappa shape index (κ2) is 5.60. The molecule has 3 heteroatoms. The molecule has 0 radical (unpaired) electrons. The van der Waals surface area contributed by atoms with E-state index in [1.54, 1.807) is 13.2 Å². The number of rotatable bonds is 4. The molecule has 0 aromatic heterocycles. The number of halogens is 1. The second-order valence-corrected chi connectivity index (χ2v) is 3.99. The first kappa shape index (κ1) is 11.8. The fourth-order valence-corrected chi connectivity index (χ4v) is 1.72. The Morgan fingerprint density at radius 3 is 2.65 bits per heavy atom. The number of benzene rings is 2. The molecule has 2 aromatic rings. The van der Waals surface area contributed by atoms with E-state index in [4.69, 9.17) is 21.1 Å². The van der Waals surface area contributed by atoms with Gasteiger partial charge in [0, 0.05) is 10.6 Å². The van der Waals surface area contributed by atoms with Gasteiger partial charge in [0.1, 0.15) is 18.1 Å². The summed E-state index contributed by atoms with van der Waals surface area (Å²) in [6.45, 7) is 0.463. The molecule has 0 N–H and O–H groups in total. The highest BCUT2D eigenvalue weighted by Crippen LogP contribution is 2.22. The molecule has 0 fully saturated rings. The van der Waals surface area contributed by atoms with Crippen LogP contribution in [0.2, 0.25) is 5.02 Å². The molecule has 0 amide bonds. The Labute approximate surface area is 106 Å². The molecule has 0 aliphatic rings. The van der Waals surface area contributed by atoms with Crippen molar-refractivity contribution in [3.63, 3.8) is 0 Å². The van der Waals surface area contributed by atoms with Crippen LogP contribution in [0.15, 0.2) is 48.5 Å². The van der Waals surface area contributed by atoms with E-state index in [1.807, 2.05) is 42.5 Å². The van der Waals surface area contributed by atoms with Gasteiger partial charge in [-0.2, -0.15) is 0 Å². The van der Waals surface area contributed by atoms with Crippen LogP contribution in [-0.2, 0) is 6.61 Å². The molecule has 0 aliphatic heterocycles. The van der Waals surface area contributed by atoms with Gasteiger partial charge in [0.25, 0.3) is 0 Å². The van der Waals surface area contributed by atoms with Gasteiger partial charge in [-0.25, -0.2) is 0 Å². The third-order valence-electron chi connectivity index (χ3n) is 2.38. The van der Waals surface area contributed by atoms with Gasteiger partial charge in [-0.3, -0.25) is 0 Å². The van der Waals surface area contributed by atoms with E-state index in [2.05, 4.69) is 0 Å². The van der Waals surface area contributed by atoms with Gasteiger partial charge in [0.05, 0.1) is 7.11 Å². The zero-order valence-corrected chi connectivity index (χ0v) is 10.3. The number of hydrogen-bond donors (Lipinski definition) is 0. The third-order valence-corrected chi connectivity index (χ3v) is 2.62. The van der Waals surface area contributed by atoms with E-state index < -0.39 is 0 Å². The molecule has 0 bridgehead atoms. The quantitative estimate of drug-likeness (QED) is 0.816. The van der Waals surface area contributed by atoms with Crippen molar-refractivity contribution in [2.45, 2.75) is 6.61 Å². The van der Waals surface area contributed by atoms with Crippen molar-refractivity contribution in [3.05, 3.63) is 59.1 Å². The van der Waals surface area contributed by atoms with Crippen LogP contribution in [0, 0.1) is 0 Å². The summed E-state index contributed by atoms with van der Waals surface area (Å²) in [6, 6.07) is 15.1. The normalized spacial score (nSPS) is 10.0. The topological polar surface area (TPSA) is 18.5 Å². The minimum Gasteiger partial charge on any atom is -0.496 e. The lowest BCUT2D eigenvalue weighted by Gasteiger charge is -2.10. The molecule has 0 aliphatic carbocycles. The number of methoxy groups -OCH3 is 1. The highest BCUT2D eigenvalue weighted by molar-refractivity contribution is 6.30. The maximum atomic E-state index is 5.88. The summed E-state index contributed by atoms with van der Waals surface area (Å²) in [7, 11) is 1.65. The number of para-hydroxylation sites is 1. The van der Waals surface area contributed by atoms with Crippen LogP contribution in [0.5, 0.6) is 11.5 Å². The van der Waals surface area contributed by atoms with Crippen LogP contribution in [-0.4, -0.2) is 7.11 Å². The standard InChI is InChI=1S/C14H13ClO2/c1-16-14-8-3-2-5-11(14)10-17-13-7-4-6-12(15)9-13/h2-9H,10H2,1H3. The number of ether oxygens (including phenoxy) is 2. The average molecular weight is 249 g/mol. The highest BCUT2D eigenvalue weighted by Gasteiger charge is 2.02. The monoisotopic (exact) mass is 248 g/mol. The summed E-state index contributed by atoms with van der Waals surface area (Å²) in [4.78, 5) is 0. The molecule has 17 heavy (non-hydrogen) atoms. The summed E-state index contributed by atoms with van der Waals surface area (Å²) in [6.07, 6.45) is 0. The highest BCUT2D eigenvalue weighted by atomic mass is 35.5. The van der Waals surface area contributed by atoms with Crippen LogP contribution in [0.3, 0.4) is 0 Å². The molecule has 0 spiro atoms. The van der Waals surface area contributed by atoms with Crippen molar-refractivity contribution in [1.29, 1.82) is 0 Å². The fraction of sp³-hybridized carbons (Fsp3) is 0.143. The van der Waals surface area contributed by atoms with E-state index in [9.17, 15) is 0 Å². The van der Waals surface area contributed by atoms with E-state index in [-0.39, 0.29) is 0 Å². The van der Waals surface area contributed by atoms with Crippen molar-refractivity contribution in [1.82, 2.24) is 0 Å². The Morgan fingerprint density at radius 1 is 1.06 bits per heavy atom. The van der Waals surface area contributed by atoms with Gasteiger partial charge in [-0.15, -0.1) is 0 Å². The fourth-order valence-electron chi connectivity index (χ4n) is 1.54. The van der Waals surface area contributed by atoms with Crippen molar-refractivity contribution in [2.75, 3.05) is 7.11 Å². The average Bonchev–Trinajstić information content (AvgIpc) is 2.37. The van der Waals surface area contributed by atoms with Crippen molar-refractivity contribution >= 4 is 11.6 Å². The second-order valence-electron chi connectivity index (χ2n) is 3.56. The Balaban J connectivity index is 2.07. The van der Waals surface area contributed by atoms with Gasteiger partial charge in [-0.05, 0) is 24.3 Å². The number of hydrogen-bond acceptors (Lipinski definition) is 2. The Bertz CT molecular complexity index is 497. The summed E-state index contributed by atoms with van der Waals surface area (Å²) >= 11 is 5.88. The zero-order chi connectivity index (χ0) is 12.1. The van der Waals surface area contributed by atoms with E-state index in [1.165, 1.54) is 0 Å². The molecular weight excluding hydrogens is 236 g/mol. The predicted molar refractivity (Wildman–Crippen MR) is 68.8 cm³/mol. The molecule has 2 nitrogen and oxygen atoms in total. The van der Waals surface area contributed by atoms with Gasteiger partial charge in [0.2, 0.25) is 0 Å². The first-order chi connectivity index (χ1) is 8.29. The largest absolute Gasteiger partial charge is 0.496 e. The van der Waals surface area contributed by atoms with Crippen molar-refractivity contribution < 1.29 is 9.47 Å².